The fraction of sp³-hybridized carbons (Fsp3) is 0.409. The van der Waals surface area contributed by atoms with Gasteiger partial charge in [0.2, 0.25) is 0 Å². The van der Waals surface area contributed by atoms with E-state index in [-0.39, 0.29) is 11.5 Å². The molecule has 3 N–H and O–H groups in total. The largest absolute Gasteiger partial charge is 0.493 e. The summed E-state index contributed by atoms with van der Waals surface area (Å²) in [6.45, 7) is 2.68. The number of nitrogens with one attached hydrogen (secondary N) is 1. The molecule has 4 rings (SSSR count). The molecule has 2 aliphatic rings. The Labute approximate surface area is 170 Å². The van der Waals surface area contributed by atoms with Gasteiger partial charge in [-0.3, -0.25) is 4.99 Å². The average Bonchev–Trinajstić information content (AvgIpc) is 2.74. The first-order valence-corrected chi connectivity index (χ1v) is 10.2. The lowest BCUT2D eigenvalue weighted by molar-refractivity contribution is 0.0531. The van der Waals surface area contributed by atoms with Crippen LogP contribution in [0.25, 0.3) is 0 Å². The van der Waals surface area contributed by atoms with Gasteiger partial charge in [-0.15, -0.1) is 0 Å². The Hall–Kier alpha value is -2.24. The van der Waals surface area contributed by atoms with Gasteiger partial charge >= 0.3 is 0 Å². The molecule has 0 aliphatic carbocycles. The number of para-hydroxylation sites is 1. The second-order valence-corrected chi connectivity index (χ2v) is 7.85. The van der Waals surface area contributed by atoms with Crippen molar-refractivity contribution in [3.05, 3.63) is 64.7 Å². The van der Waals surface area contributed by atoms with Crippen LogP contribution in [0.3, 0.4) is 0 Å². The van der Waals surface area contributed by atoms with Crippen molar-refractivity contribution in [1.29, 1.82) is 0 Å². The van der Waals surface area contributed by atoms with Crippen molar-refractivity contribution in [2.24, 2.45) is 10.7 Å². The maximum absolute atomic E-state index is 6.52. The van der Waals surface area contributed by atoms with Crippen LogP contribution in [0.15, 0.2) is 53.5 Å². The quantitative estimate of drug-likeness (QED) is 0.605. The predicted molar refractivity (Wildman–Crippen MR) is 112 cm³/mol. The van der Waals surface area contributed by atoms with E-state index in [0.29, 0.717) is 32.3 Å². The number of benzene rings is 2. The number of nitrogens with zero attached hydrogens (tertiary/aromatic N) is 1. The van der Waals surface area contributed by atoms with E-state index in [1.54, 1.807) is 0 Å². The van der Waals surface area contributed by atoms with E-state index in [9.17, 15) is 0 Å². The molecule has 2 heterocycles. The van der Waals surface area contributed by atoms with Crippen molar-refractivity contribution in [2.75, 3.05) is 26.4 Å². The zero-order valence-electron chi connectivity index (χ0n) is 15.9. The van der Waals surface area contributed by atoms with Gasteiger partial charge in [0.25, 0.3) is 0 Å². The Morgan fingerprint density at radius 3 is 2.68 bits per heavy atom. The van der Waals surface area contributed by atoms with Crippen molar-refractivity contribution in [3.63, 3.8) is 0 Å². The molecule has 148 valence electrons. The van der Waals surface area contributed by atoms with E-state index >= 15 is 0 Å². The van der Waals surface area contributed by atoms with E-state index in [4.69, 9.17) is 31.8 Å². The molecule has 1 unspecified atom stereocenters. The summed E-state index contributed by atoms with van der Waals surface area (Å²) in [5.74, 6) is 1.37. The predicted octanol–water partition coefficient (Wildman–Crippen LogP) is 3.82. The SMILES string of the molecule is NC(=NCC1(c2ccccc2Cl)CCOCC1)NC1CCOc2ccccc21. The summed E-state index contributed by atoms with van der Waals surface area (Å²) in [4.78, 5) is 4.73. The first-order valence-electron chi connectivity index (χ1n) is 9.79. The molecule has 1 atom stereocenters. The van der Waals surface area contributed by atoms with Crippen molar-refractivity contribution in [2.45, 2.75) is 30.7 Å². The zero-order chi connectivity index (χ0) is 19.4. The molecule has 2 aromatic rings. The molecule has 1 saturated heterocycles. The van der Waals surface area contributed by atoms with Crippen molar-refractivity contribution >= 4 is 17.6 Å². The third-order valence-electron chi connectivity index (χ3n) is 5.73. The Morgan fingerprint density at radius 1 is 1.11 bits per heavy atom. The van der Waals surface area contributed by atoms with E-state index < -0.39 is 0 Å². The summed E-state index contributed by atoms with van der Waals surface area (Å²) in [6, 6.07) is 16.2. The highest BCUT2D eigenvalue weighted by molar-refractivity contribution is 6.31. The highest BCUT2D eigenvalue weighted by Gasteiger charge is 2.36. The lowest BCUT2D eigenvalue weighted by atomic mass is 9.74. The van der Waals surface area contributed by atoms with Crippen molar-refractivity contribution < 1.29 is 9.47 Å². The van der Waals surface area contributed by atoms with Crippen LogP contribution in [0, 0.1) is 0 Å². The number of ether oxygens (including phenoxy) is 2. The summed E-state index contributed by atoms with van der Waals surface area (Å²) in [7, 11) is 0. The Balaban J connectivity index is 1.52. The number of rotatable bonds is 4. The molecular formula is C22H26ClN3O2. The lowest BCUT2D eigenvalue weighted by Crippen LogP contribution is -2.41. The summed E-state index contributed by atoms with van der Waals surface area (Å²) in [5.41, 5.74) is 8.40. The monoisotopic (exact) mass is 399 g/mol. The topological polar surface area (TPSA) is 68.9 Å². The number of nitrogens with two attached hydrogens (primary N) is 1. The summed E-state index contributed by atoms with van der Waals surface area (Å²) < 4.78 is 11.3. The van der Waals surface area contributed by atoms with Crippen molar-refractivity contribution in [3.8, 4) is 5.75 Å². The molecule has 0 aromatic heterocycles. The normalized spacial score (nSPS) is 21.5. The molecule has 2 aromatic carbocycles. The van der Waals surface area contributed by atoms with E-state index in [0.717, 1.165) is 41.2 Å². The standard InChI is InChI=1S/C22H26ClN3O2/c23-18-7-3-2-6-17(18)22(10-13-27-14-11-22)15-25-21(24)26-19-9-12-28-20-8-4-1-5-16(19)20/h1-8,19H,9-15H2,(H3,24,25,26). The van der Waals surface area contributed by atoms with Crippen LogP contribution in [-0.4, -0.2) is 32.3 Å². The van der Waals surface area contributed by atoms with Gasteiger partial charge in [-0.1, -0.05) is 48.0 Å². The minimum absolute atomic E-state index is 0.111. The smallest absolute Gasteiger partial charge is 0.189 e. The minimum atomic E-state index is -0.142. The van der Waals surface area contributed by atoms with Crippen LogP contribution in [0.2, 0.25) is 5.02 Å². The van der Waals surface area contributed by atoms with Gasteiger partial charge in [0.15, 0.2) is 5.96 Å². The van der Waals surface area contributed by atoms with Crippen LogP contribution in [0.4, 0.5) is 0 Å². The first kappa shape index (κ1) is 19.1. The number of aliphatic imine (C=N–C) groups is 1. The van der Waals surface area contributed by atoms with Crippen LogP contribution in [0.5, 0.6) is 5.75 Å². The Morgan fingerprint density at radius 2 is 1.86 bits per heavy atom. The van der Waals surface area contributed by atoms with E-state index in [2.05, 4.69) is 17.4 Å². The maximum atomic E-state index is 6.52. The number of halogens is 1. The highest BCUT2D eigenvalue weighted by Crippen LogP contribution is 2.39. The molecule has 5 nitrogen and oxygen atoms in total. The molecule has 0 saturated carbocycles. The second-order valence-electron chi connectivity index (χ2n) is 7.45. The molecule has 0 bridgehead atoms. The third-order valence-corrected chi connectivity index (χ3v) is 6.06. The van der Waals surface area contributed by atoms with Crippen LogP contribution >= 0.6 is 11.6 Å². The van der Waals surface area contributed by atoms with Crippen LogP contribution in [0.1, 0.15) is 36.4 Å². The van der Waals surface area contributed by atoms with Gasteiger partial charge < -0.3 is 20.5 Å². The number of hydrogen-bond donors (Lipinski definition) is 2. The van der Waals surface area contributed by atoms with Gasteiger partial charge in [-0.05, 0) is 30.5 Å². The molecule has 0 amide bonds. The molecular weight excluding hydrogens is 374 g/mol. The zero-order valence-corrected chi connectivity index (χ0v) is 16.6. The highest BCUT2D eigenvalue weighted by atomic mass is 35.5. The second kappa shape index (κ2) is 8.41. The Kier molecular flexibility index (Phi) is 5.74. The number of fused-ring (bicyclic) bond motifs is 1. The fourth-order valence-electron chi connectivity index (χ4n) is 4.12. The molecule has 28 heavy (non-hydrogen) atoms. The van der Waals surface area contributed by atoms with Gasteiger partial charge in [-0.2, -0.15) is 0 Å². The molecule has 0 radical (unpaired) electrons. The number of hydrogen-bond acceptors (Lipinski definition) is 3. The summed E-state index contributed by atoms with van der Waals surface area (Å²) in [5, 5.41) is 4.16. The van der Waals surface area contributed by atoms with Crippen LogP contribution in [-0.2, 0) is 10.2 Å². The van der Waals surface area contributed by atoms with E-state index in [1.165, 1.54) is 0 Å². The summed E-state index contributed by atoms with van der Waals surface area (Å²) >= 11 is 6.52. The van der Waals surface area contributed by atoms with Crippen molar-refractivity contribution in [1.82, 2.24) is 5.32 Å². The van der Waals surface area contributed by atoms with Gasteiger partial charge in [0, 0.05) is 35.6 Å². The molecule has 1 fully saturated rings. The Bertz CT molecular complexity index is 849. The van der Waals surface area contributed by atoms with Gasteiger partial charge in [0.05, 0.1) is 19.2 Å². The molecule has 2 aliphatic heterocycles. The van der Waals surface area contributed by atoms with Crippen LogP contribution < -0.4 is 15.8 Å². The van der Waals surface area contributed by atoms with Gasteiger partial charge in [-0.25, -0.2) is 0 Å². The molecule has 0 spiro atoms. The number of guanidine groups is 1. The lowest BCUT2D eigenvalue weighted by Gasteiger charge is -2.37. The minimum Gasteiger partial charge on any atom is -0.493 e. The fourth-order valence-corrected chi connectivity index (χ4v) is 4.45. The molecule has 6 heteroatoms. The average molecular weight is 400 g/mol. The van der Waals surface area contributed by atoms with Gasteiger partial charge in [0.1, 0.15) is 5.75 Å². The summed E-state index contributed by atoms with van der Waals surface area (Å²) in [6.07, 6.45) is 2.62. The third kappa shape index (κ3) is 3.96. The first-order chi connectivity index (χ1) is 13.7. The maximum Gasteiger partial charge on any atom is 0.189 e. The van der Waals surface area contributed by atoms with E-state index in [1.807, 2.05) is 36.4 Å².